The molecule has 0 spiro atoms. The third-order valence-corrected chi connectivity index (χ3v) is 7.44. The third-order valence-electron chi connectivity index (χ3n) is 5.40. The van der Waals surface area contributed by atoms with Crippen molar-refractivity contribution in [3.05, 3.63) is 17.5 Å². The van der Waals surface area contributed by atoms with E-state index in [1.54, 1.807) is 13.8 Å². The molecule has 0 amide bonds. The highest BCUT2D eigenvalue weighted by Crippen LogP contribution is 2.44. The number of rotatable bonds is 6. The van der Waals surface area contributed by atoms with Crippen molar-refractivity contribution in [3.63, 3.8) is 0 Å². The lowest BCUT2D eigenvalue weighted by molar-refractivity contribution is 0.0482. The van der Waals surface area contributed by atoms with Crippen molar-refractivity contribution >= 4 is 27.8 Å². The Kier molecular flexibility index (Phi) is 5.72. The Balaban J connectivity index is 2.14. The van der Waals surface area contributed by atoms with Gasteiger partial charge in [0.25, 0.3) is 0 Å². The van der Waals surface area contributed by atoms with Gasteiger partial charge in [0, 0.05) is 30.8 Å². The number of fused-ring (bicyclic) bond motifs is 3. The van der Waals surface area contributed by atoms with Gasteiger partial charge in [0.1, 0.15) is 17.0 Å². The minimum Gasteiger partial charge on any atom is -0.486 e. The molecular formula is C18H28N6O4S. The molecule has 0 aliphatic carbocycles. The second kappa shape index (κ2) is 7.79. The molecule has 1 aromatic heterocycles. The van der Waals surface area contributed by atoms with Gasteiger partial charge in [0.15, 0.2) is 21.4 Å². The summed E-state index contributed by atoms with van der Waals surface area (Å²) in [4.78, 5) is 11.2. The smallest absolute Gasteiger partial charge is 0.225 e. The van der Waals surface area contributed by atoms with Gasteiger partial charge in [-0.2, -0.15) is 4.98 Å². The maximum absolute atomic E-state index is 12.5. The van der Waals surface area contributed by atoms with Crippen LogP contribution < -0.4 is 20.7 Å². The molecule has 0 saturated carbocycles. The number of nitrogens with one attached hydrogen (secondary N) is 2. The lowest BCUT2D eigenvalue weighted by Gasteiger charge is -2.45. The van der Waals surface area contributed by atoms with Gasteiger partial charge in [0.2, 0.25) is 5.95 Å². The first-order valence-electron chi connectivity index (χ1n) is 9.36. The molecule has 3 rings (SSSR count). The van der Waals surface area contributed by atoms with Gasteiger partial charge >= 0.3 is 0 Å². The Hall–Kier alpha value is -2.40. The van der Waals surface area contributed by atoms with Crippen LogP contribution in [0, 0.1) is 5.41 Å². The summed E-state index contributed by atoms with van der Waals surface area (Å²) >= 11 is 0. The molecule has 3 heterocycles. The second-order valence-electron chi connectivity index (χ2n) is 7.83. The van der Waals surface area contributed by atoms with Crippen LogP contribution in [0.4, 0.5) is 11.8 Å². The summed E-state index contributed by atoms with van der Waals surface area (Å²) in [6.45, 7) is 6.90. The topological polar surface area (TPSA) is 144 Å². The minimum atomic E-state index is -3.50. The van der Waals surface area contributed by atoms with Crippen LogP contribution in [-0.4, -0.2) is 69.3 Å². The van der Waals surface area contributed by atoms with Gasteiger partial charge in [-0.1, -0.05) is 0 Å². The molecule has 1 fully saturated rings. The lowest BCUT2D eigenvalue weighted by atomic mass is 10.0. The van der Waals surface area contributed by atoms with Crippen molar-refractivity contribution in [1.29, 1.82) is 5.41 Å². The van der Waals surface area contributed by atoms with Gasteiger partial charge in [-0.15, -0.1) is 0 Å². The largest absolute Gasteiger partial charge is 0.486 e. The Labute approximate surface area is 170 Å². The van der Waals surface area contributed by atoms with E-state index in [9.17, 15) is 8.42 Å². The van der Waals surface area contributed by atoms with Gasteiger partial charge in [-0.3, -0.25) is 0 Å². The number of sulfone groups is 1. The van der Waals surface area contributed by atoms with Gasteiger partial charge in [0.05, 0.1) is 25.3 Å². The molecule has 2 aliphatic rings. The number of hydrogen-bond acceptors (Lipinski definition) is 10. The molecule has 11 heteroatoms. The molecule has 0 aromatic carbocycles. The quantitative estimate of drug-likeness (QED) is 0.561. The van der Waals surface area contributed by atoms with Crippen molar-refractivity contribution in [2.75, 3.05) is 42.8 Å². The summed E-state index contributed by atoms with van der Waals surface area (Å²) < 4.78 is 35.4. The van der Waals surface area contributed by atoms with E-state index < -0.39 is 14.6 Å². The van der Waals surface area contributed by atoms with Gasteiger partial charge < -0.3 is 30.8 Å². The molecule has 0 radical (unpaired) electrons. The summed E-state index contributed by atoms with van der Waals surface area (Å²) in [5.41, 5.74) is 6.35. The van der Waals surface area contributed by atoms with Crippen molar-refractivity contribution in [1.82, 2.24) is 9.97 Å². The normalized spacial score (nSPS) is 22.3. The summed E-state index contributed by atoms with van der Waals surface area (Å²) in [5.74, 6) is 1.19. The SMILES string of the molecule is C[C@@H]1COC[C@H]2COc3c(nc(NC/C(C=N)=C/N)nc3C(C)(C)S(C)(=O)=O)N21. The van der Waals surface area contributed by atoms with E-state index >= 15 is 0 Å². The molecule has 0 unspecified atom stereocenters. The molecule has 2 aliphatic heterocycles. The summed E-state index contributed by atoms with van der Waals surface area (Å²) in [6, 6.07) is 0.0405. The molecule has 4 N–H and O–H groups in total. The number of morpholine rings is 1. The second-order valence-corrected chi connectivity index (χ2v) is 10.4. The van der Waals surface area contributed by atoms with Crippen molar-refractivity contribution in [2.24, 2.45) is 5.73 Å². The first kappa shape index (κ1) is 21.3. The standard InChI is InChI=1S/C18H28N6O4S/c1-11-8-27-9-13-10-28-14-15(18(2,3)29(4,25)26)22-17(23-16(14)24(11)13)21-7-12(5-19)6-20/h5-6,11,13,19H,7-10,20H2,1-4H3,(H,21,22,23)/b12-6+,19-5?/t11-,13+/m1/s1. The molecule has 1 aromatic rings. The number of anilines is 2. The monoisotopic (exact) mass is 424 g/mol. The van der Waals surface area contributed by atoms with Crippen LogP contribution >= 0.6 is 0 Å². The zero-order valence-corrected chi connectivity index (χ0v) is 17.9. The van der Waals surface area contributed by atoms with Crippen LogP contribution in [-0.2, 0) is 19.3 Å². The van der Waals surface area contributed by atoms with E-state index in [1.165, 1.54) is 12.5 Å². The van der Waals surface area contributed by atoms with E-state index in [2.05, 4.69) is 20.2 Å². The number of ether oxygens (including phenoxy) is 2. The van der Waals surface area contributed by atoms with Crippen LogP contribution in [0.5, 0.6) is 5.75 Å². The molecule has 10 nitrogen and oxygen atoms in total. The van der Waals surface area contributed by atoms with Crippen LogP contribution in [0.3, 0.4) is 0 Å². The third kappa shape index (κ3) is 3.88. The van der Waals surface area contributed by atoms with E-state index in [-0.39, 0.29) is 24.6 Å². The van der Waals surface area contributed by atoms with Gasteiger partial charge in [-0.25, -0.2) is 13.4 Å². The van der Waals surface area contributed by atoms with E-state index in [0.717, 1.165) is 6.21 Å². The predicted octanol–water partition coefficient (Wildman–Crippen LogP) is 0.646. The first-order chi connectivity index (χ1) is 13.6. The van der Waals surface area contributed by atoms with Crippen LogP contribution in [0.15, 0.2) is 11.8 Å². The maximum Gasteiger partial charge on any atom is 0.225 e. The maximum atomic E-state index is 12.5. The van der Waals surface area contributed by atoms with Crippen molar-refractivity contribution < 1.29 is 17.9 Å². The van der Waals surface area contributed by atoms with Gasteiger partial charge in [-0.05, 0) is 20.8 Å². The summed E-state index contributed by atoms with van der Waals surface area (Å²) in [6.07, 6.45) is 3.64. The van der Waals surface area contributed by atoms with Crippen LogP contribution in [0.2, 0.25) is 0 Å². The first-order valence-corrected chi connectivity index (χ1v) is 11.3. The summed E-state index contributed by atoms with van der Waals surface area (Å²) in [7, 11) is -3.50. The Morgan fingerprint density at radius 1 is 1.38 bits per heavy atom. The van der Waals surface area contributed by atoms with Crippen molar-refractivity contribution in [3.8, 4) is 5.75 Å². The lowest BCUT2D eigenvalue weighted by Crippen LogP contribution is -2.56. The van der Waals surface area contributed by atoms with E-state index in [1.807, 2.05) is 6.92 Å². The Morgan fingerprint density at radius 3 is 2.72 bits per heavy atom. The fourth-order valence-corrected chi connectivity index (χ4v) is 3.82. The Bertz CT molecular complexity index is 931. The van der Waals surface area contributed by atoms with Crippen molar-refractivity contribution in [2.45, 2.75) is 37.6 Å². The number of nitrogens with two attached hydrogens (primary N) is 1. The molecule has 2 atom stereocenters. The fraction of sp³-hybridized carbons (Fsp3) is 0.611. The summed E-state index contributed by atoms with van der Waals surface area (Å²) in [5, 5.41) is 10.4. The Morgan fingerprint density at radius 2 is 2.10 bits per heavy atom. The average Bonchev–Trinajstić information content (AvgIpc) is 2.67. The molecular weight excluding hydrogens is 396 g/mol. The van der Waals surface area contributed by atoms with E-state index in [0.29, 0.717) is 42.7 Å². The number of hydrogen-bond donors (Lipinski definition) is 3. The average molecular weight is 425 g/mol. The fourth-order valence-electron chi connectivity index (χ4n) is 3.33. The number of aromatic nitrogens is 2. The highest BCUT2D eigenvalue weighted by Gasteiger charge is 2.43. The number of nitrogens with zero attached hydrogens (tertiary/aromatic N) is 3. The van der Waals surface area contributed by atoms with E-state index in [4.69, 9.17) is 20.6 Å². The zero-order chi connectivity index (χ0) is 21.4. The minimum absolute atomic E-state index is 0.00994. The molecule has 160 valence electrons. The predicted molar refractivity (Wildman–Crippen MR) is 111 cm³/mol. The highest BCUT2D eigenvalue weighted by molar-refractivity contribution is 7.91. The zero-order valence-electron chi connectivity index (χ0n) is 17.1. The molecule has 0 bridgehead atoms. The molecule has 1 saturated heterocycles. The molecule has 29 heavy (non-hydrogen) atoms. The van der Waals surface area contributed by atoms with Crippen LogP contribution in [0.1, 0.15) is 26.5 Å². The van der Waals surface area contributed by atoms with Crippen LogP contribution in [0.25, 0.3) is 0 Å². The highest BCUT2D eigenvalue weighted by atomic mass is 32.2.